The SMILES string of the molecule is N#Cc1c(-c2ccc(Br)cc2)c2c(n(Cc3ccccc3)c1=N)CCCCCC2. The molecule has 0 saturated carbocycles. The van der Waals surface area contributed by atoms with Crippen LogP contribution < -0.4 is 5.49 Å². The first kappa shape index (κ1) is 19.7. The highest BCUT2D eigenvalue weighted by Crippen LogP contribution is 2.33. The van der Waals surface area contributed by atoms with E-state index in [-0.39, 0.29) is 0 Å². The first-order valence-corrected chi connectivity index (χ1v) is 11.0. The van der Waals surface area contributed by atoms with Gasteiger partial charge in [0, 0.05) is 22.3 Å². The van der Waals surface area contributed by atoms with Crippen molar-refractivity contribution in [3.05, 3.63) is 86.9 Å². The Hall–Kier alpha value is -2.64. The number of hydrogen-bond acceptors (Lipinski definition) is 2. The molecule has 3 nitrogen and oxygen atoms in total. The van der Waals surface area contributed by atoms with Crippen LogP contribution in [0.3, 0.4) is 0 Å². The Morgan fingerprint density at radius 2 is 1.62 bits per heavy atom. The van der Waals surface area contributed by atoms with Crippen molar-refractivity contribution in [1.29, 1.82) is 10.7 Å². The Balaban J connectivity index is 1.98. The molecule has 1 heterocycles. The third-order valence-electron chi connectivity index (χ3n) is 5.75. The zero-order valence-electron chi connectivity index (χ0n) is 16.4. The van der Waals surface area contributed by atoms with Gasteiger partial charge in [0.05, 0.1) is 0 Å². The van der Waals surface area contributed by atoms with Gasteiger partial charge in [-0.05, 0) is 54.5 Å². The molecule has 0 unspecified atom stereocenters. The van der Waals surface area contributed by atoms with Gasteiger partial charge >= 0.3 is 0 Å². The zero-order chi connectivity index (χ0) is 20.2. The summed E-state index contributed by atoms with van der Waals surface area (Å²) in [5.74, 6) is 0. The molecule has 0 spiro atoms. The summed E-state index contributed by atoms with van der Waals surface area (Å²) >= 11 is 3.51. The van der Waals surface area contributed by atoms with Crippen LogP contribution in [0.2, 0.25) is 0 Å². The molecule has 2 aromatic carbocycles. The van der Waals surface area contributed by atoms with E-state index in [1.807, 2.05) is 30.3 Å². The van der Waals surface area contributed by atoms with Crippen LogP contribution in [0.25, 0.3) is 11.1 Å². The number of pyridine rings is 1. The van der Waals surface area contributed by atoms with Gasteiger partial charge in [0.2, 0.25) is 0 Å². The second-order valence-corrected chi connectivity index (χ2v) is 8.54. The van der Waals surface area contributed by atoms with E-state index < -0.39 is 0 Å². The van der Waals surface area contributed by atoms with Crippen LogP contribution in [0.1, 0.15) is 48.1 Å². The van der Waals surface area contributed by atoms with Gasteiger partial charge < -0.3 is 4.57 Å². The normalized spacial score (nSPS) is 13.8. The smallest absolute Gasteiger partial charge is 0.144 e. The molecule has 0 fully saturated rings. The number of nitriles is 1. The van der Waals surface area contributed by atoms with Crippen LogP contribution in [-0.4, -0.2) is 4.57 Å². The van der Waals surface area contributed by atoms with Crippen molar-refractivity contribution < 1.29 is 0 Å². The number of rotatable bonds is 3. The highest BCUT2D eigenvalue weighted by Gasteiger charge is 2.22. The fourth-order valence-corrected chi connectivity index (χ4v) is 4.60. The van der Waals surface area contributed by atoms with E-state index in [4.69, 9.17) is 5.41 Å². The van der Waals surface area contributed by atoms with Crippen LogP contribution in [0.15, 0.2) is 59.1 Å². The lowest BCUT2D eigenvalue weighted by molar-refractivity contribution is 0.572. The van der Waals surface area contributed by atoms with Gasteiger partial charge in [0.1, 0.15) is 17.1 Å². The Bertz CT molecular complexity index is 1110. The molecule has 1 N–H and O–H groups in total. The number of halogens is 1. The summed E-state index contributed by atoms with van der Waals surface area (Å²) in [6, 6.07) is 20.8. The predicted octanol–water partition coefficient (Wildman–Crippen LogP) is 5.98. The van der Waals surface area contributed by atoms with Gasteiger partial charge in [-0.3, -0.25) is 5.41 Å². The molecule has 146 valence electrons. The minimum absolute atomic E-state index is 0.327. The van der Waals surface area contributed by atoms with E-state index in [0.29, 0.717) is 17.6 Å². The molecular weight excluding hydrogens is 422 g/mol. The van der Waals surface area contributed by atoms with Gasteiger partial charge in [-0.25, -0.2) is 0 Å². The summed E-state index contributed by atoms with van der Waals surface area (Å²) in [7, 11) is 0. The number of nitrogens with zero attached hydrogens (tertiary/aromatic N) is 2. The lowest BCUT2D eigenvalue weighted by atomic mass is 9.87. The maximum absolute atomic E-state index is 10.0. The minimum atomic E-state index is 0.327. The molecular formula is C25H24BrN3. The molecule has 4 heteroatoms. The van der Waals surface area contributed by atoms with Crippen LogP contribution in [0, 0.1) is 16.7 Å². The highest BCUT2D eigenvalue weighted by molar-refractivity contribution is 9.10. The maximum Gasteiger partial charge on any atom is 0.144 e. The molecule has 0 bridgehead atoms. The van der Waals surface area contributed by atoms with Gasteiger partial charge in [-0.2, -0.15) is 5.26 Å². The summed E-state index contributed by atoms with van der Waals surface area (Å²) < 4.78 is 3.10. The van der Waals surface area contributed by atoms with E-state index in [2.05, 4.69) is 50.8 Å². The number of benzene rings is 2. The van der Waals surface area contributed by atoms with Crippen LogP contribution in [0.4, 0.5) is 0 Å². The summed E-state index contributed by atoms with van der Waals surface area (Å²) in [4.78, 5) is 0. The third kappa shape index (κ3) is 4.06. The summed E-state index contributed by atoms with van der Waals surface area (Å²) in [5.41, 5.74) is 6.46. The third-order valence-corrected chi connectivity index (χ3v) is 6.28. The van der Waals surface area contributed by atoms with Crippen molar-refractivity contribution in [2.75, 3.05) is 0 Å². The zero-order valence-corrected chi connectivity index (χ0v) is 18.0. The van der Waals surface area contributed by atoms with Crippen LogP contribution in [-0.2, 0) is 19.4 Å². The average Bonchev–Trinajstić information content (AvgIpc) is 2.72. The number of nitrogens with one attached hydrogen (secondary N) is 1. The Kier molecular flexibility index (Phi) is 5.97. The Morgan fingerprint density at radius 1 is 0.931 bits per heavy atom. The lowest BCUT2D eigenvalue weighted by Crippen LogP contribution is -2.30. The molecule has 0 aliphatic heterocycles. The van der Waals surface area contributed by atoms with Crippen molar-refractivity contribution in [2.45, 2.75) is 45.1 Å². The van der Waals surface area contributed by atoms with Gasteiger partial charge in [-0.15, -0.1) is 0 Å². The predicted molar refractivity (Wildman–Crippen MR) is 120 cm³/mol. The highest BCUT2D eigenvalue weighted by atomic mass is 79.9. The summed E-state index contributed by atoms with van der Waals surface area (Å²) in [6.07, 6.45) is 6.64. The monoisotopic (exact) mass is 445 g/mol. The first-order valence-electron chi connectivity index (χ1n) is 10.2. The molecule has 1 aromatic heterocycles. The standard InChI is InChI=1S/C25H24BrN3/c26-20-14-12-19(13-15-20)24-21-10-6-1-2-7-11-23(21)29(25(28)22(24)16-27)17-18-8-4-3-5-9-18/h3-5,8-9,12-15,28H,1-2,6-7,10-11,17H2. The Morgan fingerprint density at radius 3 is 2.31 bits per heavy atom. The van der Waals surface area contributed by atoms with E-state index in [9.17, 15) is 5.26 Å². The van der Waals surface area contributed by atoms with Crippen molar-refractivity contribution in [2.24, 2.45) is 0 Å². The second kappa shape index (κ2) is 8.80. The second-order valence-electron chi connectivity index (χ2n) is 7.63. The molecule has 4 rings (SSSR count). The average molecular weight is 446 g/mol. The van der Waals surface area contributed by atoms with Crippen molar-refractivity contribution in [3.8, 4) is 17.2 Å². The van der Waals surface area contributed by atoms with Crippen LogP contribution in [0.5, 0.6) is 0 Å². The lowest BCUT2D eigenvalue weighted by Gasteiger charge is -2.25. The molecule has 0 amide bonds. The van der Waals surface area contributed by atoms with E-state index in [1.165, 1.54) is 24.1 Å². The number of aromatic nitrogens is 1. The quantitative estimate of drug-likeness (QED) is 0.529. The fourth-order valence-electron chi connectivity index (χ4n) is 4.33. The molecule has 1 aliphatic carbocycles. The van der Waals surface area contributed by atoms with E-state index in [0.717, 1.165) is 46.8 Å². The molecule has 0 saturated heterocycles. The van der Waals surface area contributed by atoms with Gasteiger partial charge in [0.25, 0.3) is 0 Å². The van der Waals surface area contributed by atoms with E-state index >= 15 is 0 Å². The largest absolute Gasteiger partial charge is 0.325 e. The van der Waals surface area contributed by atoms with E-state index in [1.54, 1.807) is 0 Å². The Labute approximate surface area is 180 Å². The molecule has 3 aromatic rings. The minimum Gasteiger partial charge on any atom is -0.325 e. The van der Waals surface area contributed by atoms with Gasteiger partial charge in [0.15, 0.2) is 0 Å². The summed E-state index contributed by atoms with van der Waals surface area (Å²) in [6.45, 7) is 0.636. The topological polar surface area (TPSA) is 52.6 Å². The molecule has 0 radical (unpaired) electrons. The van der Waals surface area contributed by atoms with Crippen molar-refractivity contribution in [3.63, 3.8) is 0 Å². The first-order chi connectivity index (χ1) is 14.2. The number of hydrogen-bond donors (Lipinski definition) is 1. The molecule has 0 atom stereocenters. The van der Waals surface area contributed by atoms with Gasteiger partial charge in [-0.1, -0.05) is 71.2 Å². The van der Waals surface area contributed by atoms with Crippen LogP contribution >= 0.6 is 15.9 Å². The summed E-state index contributed by atoms with van der Waals surface area (Å²) in [5, 5.41) is 19.0. The molecule has 1 aliphatic rings. The van der Waals surface area contributed by atoms with Crippen molar-refractivity contribution in [1.82, 2.24) is 4.57 Å². The number of fused-ring (bicyclic) bond motifs is 1. The maximum atomic E-state index is 10.0. The molecule has 29 heavy (non-hydrogen) atoms. The van der Waals surface area contributed by atoms with Crippen molar-refractivity contribution >= 4 is 15.9 Å². The fraction of sp³-hybridized carbons (Fsp3) is 0.280.